The number of phenols is 1. The van der Waals surface area contributed by atoms with Crippen LogP contribution in [0.25, 0.3) is 0 Å². The molecule has 0 aromatic heterocycles. The number of phenolic OH excluding ortho intramolecular Hbond substituents is 1. The molecule has 3 aromatic carbocycles. The molecule has 0 unspecified atom stereocenters. The predicted octanol–water partition coefficient (Wildman–Crippen LogP) is 3.38. The van der Waals surface area contributed by atoms with Gasteiger partial charge in [-0.15, -0.1) is 0 Å². The Morgan fingerprint density at radius 1 is 1.00 bits per heavy atom. The maximum atomic E-state index is 10.2. The second-order valence-electron chi connectivity index (χ2n) is 7.23. The summed E-state index contributed by atoms with van der Waals surface area (Å²) in [7, 11) is 1.59. The standard InChI is InChI=1S/C24H25NO3/c1-27-24-14-19-11-12-25-22(21(19)15-23(24)26)13-17-7-9-20(10-8-17)28-16-18-5-3-2-4-6-18/h2-10,14-15,22,25-26H,11-13,16H2,1H3/p+1/t22-/m1/s1. The highest BCUT2D eigenvalue weighted by molar-refractivity contribution is 5.48. The first-order valence-corrected chi connectivity index (χ1v) is 9.71. The second kappa shape index (κ2) is 8.36. The molecule has 3 aromatic rings. The molecule has 4 nitrogen and oxygen atoms in total. The predicted molar refractivity (Wildman–Crippen MR) is 109 cm³/mol. The van der Waals surface area contributed by atoms with E-state index < -0.39 is 0 Å². The molecular weight excluding hydrogens is 350 g/mol. The lowest BCUT2D eigenvalue weighted by atomic mass is 9.90. The molecule has 0 fully saturated rings. The molecule has 3 N–H and O–H groups in total. The van der Waals surface area contributed by atoms with Crippen molar-refractivity contribution in [3.05, 3.63) is 89.0 Å². The van der Waals surface area contributed by atoms with Crippen molar-refractivity contribution in [3.8, 4) is 17.2 Å². The highest BCUT2D eigenvalue weighted by atomic mass is 16.5. The summed E-state index contributed by atoms with van der Waals surface area (Å²) in [6, 6.07) is 22.7. The number of benzene rings is 3. The summed E-state index contributed by atoms with van der Waals surface area (Å²) in [6.45, 7) is 1.62. The largest absolute Gasteiger partial charge is 0.504 e. The summed E-state index contributed by atoms with van der Waals surface area (Å²) in [6.07, 6.45) is 1.91. The zero-order chi connectivity index (χ0) is 19.3. The summed E-state index contributed by atoms with van der Waals surface area (Å²) in [5.74, 6) is 1.65. The summed E-state index contributed by atoms with van der Waals surface area (Å²) in [5, 5.41) is 12.5. The SMILES string of the molecule is COc1cc2c(cc1O)[C@@H](Cc1ccc(OCc3ccccc3)cc1)[NH2+]CC2. The average Bonchev–Trinajstić information content (AvgIpc) is 2.74. The average molecular weight is 376 g/mol. The van der Waals surface area contributed by atoms with E-state index in [4.69, 9.17) is 9.47 Å². The van der Waals surface area contributed by atoms with Gasteiger partial charge in [-0.25, -0.2) is 0 Å². The summed E-state index contributed by atoms with van der Waals surface area (Å²) in [5.41, 5.74) is 4.89. The van der Waals surface area contributed by atoms with Gasteiger partial charge in [0.1, 0.15) is 18.4 Å². The Balaban J connectivity index is 1.43. The molecule has 1 aliphatic heterocycles. The van der Waals surface area contributed by atoms with Gasteiger partial charge in [0.25, 0.3) is 0 Å². The van der Waals surface area contributed by atoms with Crippen molar-refractivity contribution in [2.45, 2.75) is 25.5 Å². The summed E-state index contributed by atoms with van der Waals surface area (Å²) >= 11 is 0. The minimum Gasteiger partial charge on any atom is -0.504 e. The van der Waals surface area contributed by atoms with Gasteiger partial charge in [0.15, 0.2) is 11.5 Å². The number of hydrogen-bond acceptors (Lipinski definition) is 3. The second-order valence-corrected chi connectivity index (χ2v) is 7.23. The highest BCUT2D eigenvalue weighted by Crippen LogP contribution is 2.33. The number of methoxy groups -OCH3 is 1. The third-order valence-electron chi connectivity index (χ3n) is 5.33. The smallest absolute Gasteiger partial charge is 0.160 e. The Labute approximate surface area is 165 Å². The molecule has 0 aliphatic carbocycles. The number of fused-ring (bicyclic) bond motifs is 1. The molecule has 0 amide bonds. The van der Waals surface area contributed by atoms with E-state index in [1.807, 2.05) is 42.5 Å². The Hall–Kier alpha value is -2.98. The Bertz CT molecular complexity index is 923. The first-order chi connectivity index (χ1) is 13.7. The lowest BCUT2D eigenvalue weighted by Gasteiger charge is -2.25. The third kappa shape index (κ3) is 4.12. The van der Waals surface area contributed by atoms with E-state index in [0.717, 1.165) is 30.7 Å². The van der Waals surface area contributed by atoms with Crippen molar-refractivity contribution in [1.29, 1.82) is 0 Å². The van der Waals surface area contributed by atoms with Gasteiger partial charge in [-0.1, -0.05) is 42.5 Å². The van der Waals surface area contributed by atoms with Crippen molar-refractivity contribution in [1.82, 2.24) is 0 Å². The van der Waals surface area contributed by atoms with Gasteiger partial charge in [-0.2, -0.15) is 0 Å². The quantitative estimate of drug-likeness (QED) is 0.693. The van der Waals surface area contributed by atoms with E-state index in [2.05, 4.69) is 29.6 Å². The zero-order valence-corrected chi connectivity index (χ0v) is 16.1. The topological polar surface area (TPSA) is 55.3 Å². The van der Waals surface area contributed by atoms with Crippen LogP contribution in [0.2, 0.25) is 0 Å². The van der Waals surface area contributed by atoms with Crippen LogP contribution in [0.15, 0.2) is 66.7 Å². The third-order valence-corrected chi connectivity index (χ3v) is 5.33. The molecular formula is C24H26NO3+. The fourth-order valence-electron chi connectivity index (χ4n) is 3.83. The van der Waals surface area contributed by atoms with Crippen molar-refractivity contribution in [2.75, 3.05) is 13.7 Å². The molecule has 0 radical (unpaired) electrons. The fourth-order valence-corrected chi connectivity index (χ4v) is 3.83. The minimum absolute atomic E-state index is 0.214. The van der Waals surface area contributed by atoms with Crippen molar-refractivity contribution < 1.29 is 19.9 Å². The summed E-state index contributed by atoms with van der Waals surface area (Å²) in [4.78, 5) is 0. The molecule has 1 atom stereocenters. The van der Waals surface area contributed by atoms with E-state index in [-0.39, 0.29) is 5.75 Å². The lowest BCUT2D eigenvalue weighted by Crippen LogP contribution is -2.87. The minimum atomic E-state index is 0.214. The Kier molecular flexibility index (Phi) is 5.49. The maximum absolute atomic E-state index is 10.2. The number of hydrogen-bond donors (Lipinski definition) is 2. The van der Waals surface area contributed by atoms with E-state index >= 15 is 0 Å². The molecule has 0 spiro atoms. The fraction of sp³-hybridized carbons (Fsp3) is 0.250. The van der Waals surface area contributed by atoms with Gasteiger partial charge in [-0.05, 0) is 41.0 Å². The number of ether oxygens (including phenoxy) is 2. The summed E-state index contributed by atoms with van der Waals surface area (Å²) < 4.78 is 11.1. The number of nitrogens with two attached hydrogens (primary N) is 1. The molecule has 0 saturated heterocycles. The molecule has 144 valence electrons. The maximum Gasteiger partial charge on any atom is 0.160 e. The molecule has 4 heteroatoms. The van der Waals surface area contributed by atoms with Crippen molar-refractivity contribution in [2.24, 2.45) is 0 Å². The first-order valence-electron chi connectivity index (χ1n) is 9.71. The van der Waals surface area contributed by atoms with E-state index in [1.54, 1.807) is 7.11 Å². The van der Waals surface area contributed by atoms with Crippen molar-refractivity contribution in [3.63, 3.8) is 0 Å². The van der Waals surface area contributed by atoms with Gasteiger partial charge in [0.05, 0.1) is 13.7 Å². The van der Waals surface area contributed by atoms with Crippen LogP contribution >= 0.6 is 0 Å². The Morgan fingerprint density at radius 2 is 1.79 bits per heavy atom. The molecule has 4 rings (SSSR count). The monoisotopic (exact) mass is 376 g/mol. The van der Waals surface area contributed by atoms with Gasteiger partial charge in [0.2, 0.25) is 0 Å². The Morgan fingerprint density at radius 3 is 2.54 bits per heavy atom. The van der Waals surface area contributed by atoms with Crippen LogP contribution in [0, 0.1) is 0 Å². The molecule has 1 heterocycles. The number of quaternary nitrogens is 1. The van der Waals surface area contributed by atoms with E-state index in [0.29, 0.717) is 18.4 Å². The number of rotatable bonds is 6. The van der Waals surface area contributed by atoms with Crippen LogP contribution < -0.4 is 14.8 Å². The van der Waals surface area contributed by atoms with Crippen molar-refractivity contribution >= 4 is 0 Å². The van der Waals surface area contributed by atoms with Gasteiger partial charge in [-0.3, -0.25) is 0 Å². The molecule has 0 saturated carbocycles. The highest BCUT2D eigenvalue weighted by Gasteiger charge is 2.25. The van der Waals surface area contributed by atoms with E-state index in [1.165, 1.54) is 16.7 Å². The normalized spacial score (nSPS) is 15.7. The van der Waals surface area contributed by atoms with Crippen LogP contribution in [0.3, 0.4) is 0 Å². The molecule has 0 bridgehead atoms. The van der Waals surface area contributed by atoms with Crippen LogP contribution in [-0.4, -0.2) is 18.8 Å². The zero-order valence-electron chi connectivity index (χ0n) is 16.1. The van der Waals surface area contributed by atoms with E-state index in [9.17, 15) is 5.11 Å². The molecule has 28 heavy (non-hydrogen) atoms. The van der Waals surface area contributed by atoms with Gasteiger partial charge >= 0.3 is 0 Å². The van der Waals surface area contributed by atoms with Crippen LogP contribution in [0.5, 0.6) is 17.2 Å². The number of aromatic hydroxyl groups is 1. The van der Waals surface area contributed by atoms with Gasteiger partial charge in [0, 0.05) is 18.4 Å². The lowest BCUT2D eigenvalue weighted by molar-refractivity contribution is -0.698. The van der Waals surface area contributed by atoms with Crippen LogP contribution in [-0.2, 0) is 19.4 Å². The van der Waals surface area contributed by atoms with Crippen LogP contribution in [0.4, 0.5) is 0 Å². The molecule has 1 aliphatic rings. The van der Waals surface area contributed by atoms with Crippen LogP contribution in [0.1, 0.15) is 28.3 Å². The van der Waals surface area contributed by atoms with Gasteiger partial charge < -0.3 is 19.9 Å². The first kappa shape index (κ1) is 18.4.